The minimum Gasteiger partial charge on any atom is -0.453 e. The Hall–Kier alpha value is -5.25. The number of nitrogens with one attached hydrogen (secondary N) is 3. The number of aromatic amines is 2. The summed E-state index contributed by atoms with van der Waals surface area (Å²) in [5.41, 5.74) is 10.3. The molecule has 0 aliphatic carbocycles. The van der Waals surface area contributed by atoms with E-state index in [1.54, 1.807) is 36.5 Å². The monoisotopic (exact) mass is 512 g/mol. The first-order chi connectivity index (χ1) is 17.5. The first-order valence-corrected chi connectivity index (χ1v) is 10.8. The van der Waals surface area contributed by atoms with Crippen molar-refractivity contribution in [3.8, 4) is 0 Å². The van der Waals surface area contributed by atoms with Crippen LogP contribution < -0.4 is 11.1 Å². The van der Waals surface area contributed by atoms with Crippen LogP contribution in [0.1, 0.15) is 35.6 Å². The number of methoxy groups -OCH3 is 1. The van der Waals surface area contributed by atoms with E-state index >= 15 is 0 Å². The number of aldehydes is 2. The molecule has 0 bridgehead atoms. The second kappa shape index (κ2) is 11.2. The van der Waals surface area contributed by atoms with Crippen molar-refractivity contribution >= 4 is 74.0 Å². The largest absolute Gasteiger partial charge is 0.453 e. The highest BCUT2D eigenvalue weighted by atomic mass is 16.5. The lowest BCUT2D eigenvalue weighted by Gasteiger charge is -2.02. The van der Waals surface area contributed by atoms with Crippen LogP contribution in [0.15, 0.2) is 60.8 Å². The molecule has 6 rings (SSSR count). The number of fused-ring (bicyclic) bond motifs is 6. The molecular weight excluding hydrogens is 484 g/mol. The zero-order valence-electron chi connectivity index (χ0n) is 19.0. The zero-order valence-corrected chi connectivity index (χ0v) is 19.0. The Morgan fingerprint density at radius 1 is 0.842 bits per heavy atom. The van der Waals surface area contributed by atoms with Crippen LogP contribution in [0.25, 0.3) is 43.7 Å². The summed E-state index contributed by atoms with van der Waals surface area (Å²) < 4.78 is 4.53. The van der Waals surface area contributed by atoms with E-state index in [1.807, 2.05) is 24.3 Å². The van der Waals surface area contributed by atoms with Gasteiger partial charge in [-0.05, 0) is 54.6 Å². The number of pyridine rings is 2. The fraction of sp³-hybridized carbons (Fsp3) is 0.107. The van der Waals surface area contributed by atoms with Crippen molar-refractivity contribution in [2.24, 2.45) is 0 Å². The van der Waals surface area contributed by atoms with Gasteiger partial charge in [0.1, 0.15) is 29.9 Å². The predicted molar refractivity (Wildman–Crippen MR) is 152 cm³/mol. The van der Waals surface area contributed by atoms with Gasteiger partial charge in [-0.3, -0.25) is 14.9 Å². The van der Waals surface area contributed by atoms with E-state index in [0.717, 1.165) is 56.3 Å². The molecule has 4 heterocycles. The Kier molecular flexibility index (Phi) is 8.07. The predicted octanol–water partition coefficient (Wildman–Crippen LogP) is 6.09. The highest BCUT2D eigenvalue weighted by molar-refractivity contribution is 6.09. The van der Waals surface area contributed by atoms with Crippen molar-refractivity contribution in [2.75, 3.05) is 18.2 Å². The van der Waals surface area contributed by atoms with E-state index in [0.29, 0.717) is 22.8 Å². The zero-order chi connectivity index (χ0) is 25.2. The number of aromatic nitrogens is 4. The quantitative estimate of drug-likeness (QED) is 0.209. The lowest BCUT2D eigenvalue weighted by molar-refractivity contribution is 0.111. The van der Waals surface area contributed by atoms with Gasteiger partial charge in [0.15, 0.2) is 0 Å². The summed E-state index contributed by atoms with van der Waals surface area (Å²) in [7, 11) is 1.29. The number of nitrogens with zero attached hydrogens (tertiary/aromatic N) is 2. The summed E-state index contributed by atoms with van der Waals surface area (Å²) in [6.07, 6.45) is 2.68. The average Bonchev–Trinajstić information content (AvgIpc) is 3.45. The summed E-state index contributed by atoms with van der Waals surface area (Å²) in [5, 5.41) is 6.27. The van der Waals surface area contributed by atoms with Crippen molar-refractivity contribution in [3.05, 3.63) is 71.9 Å². The van der Waals surface area contributed by atoms with Crippen molar-refractivity contribution in [1.29, 1.82) is 0 Å². The topological polar surface area (TPSA) is 156 Å². The second-order valence-corrected chi connectivity index (χ2v) is 7.96. The number of carbonyl (C=O) groups excluding carboxylic acids is 3. The van der Waals surface area contributed by atoms with Crippen LogP contribution in [0.4, 0.5) is 16.4 Å². The number of H-pyrrole nitrogens is 2. The second-order valence-electron chi connectivity index (χ2n) is 7.96. The van der Waals surface area contributed by atoms with Gasteiger partial charge in [-0.15, -0.1) is 0 Å². The van der Waals surface area contributed by atoms with Crippen molar-refractivity contribution < 1.29 is 19.1 Å². The van der Waals surface area contributed by atoms with E-state index in [1.165, 1.54) is 7.11 Å². The van der Waals surface area contributed by atoms with Crippen molar-refractivity contribution in [2.45, 2.75) is 14.9 Å². The smallest absolute Gasteiger partial charge is 0.412 e. The molecule has 4 aromatic heterocycles. The molecular formula is C28H28N6O4. The summed E-state index contributed by atoms with van der Waals surface area (Å²) in [5.74, 6) is 0.872. The van der Waals surface area contributed by atoms with Crippen LogP contribution in [0.2, 0.25) is 0 Å². The summed E-state index contributed by atoms with van der Waals surface area (Å²) >= 11 is 0. The molecule has 0 atom stereocenters. The lowest BCUT2D eigenvalue weighted by Crippen LogP contribution is -2.11. The van der Waals surface area contributed by atoms with Crippen LogP contribution >= 0.6 is 0 Å². The Bertz CT molecular complexity index is 1790. The molecule has 1 amide bonds. The molecule has 38 heavy (non-hydrogen) atoms. The molecule has 0 aliphatic heterocycles. The van der Waals surface area contributed by atoms with Crippen molar-refractivity contribution in [3.63, 3.8) is 0 Å². The molecule has 10 nitrogen and oxygen atoms in total. The van der Waals surface area contributed by atoms with Gasteiger partial charge in [-0.2, -0.15) is 0 Å². The number of carbonyl (C=O) groups is 3. The van der Waals surface area contributed by atoms with Gasteiger partial charge < -0.3 is 20.4 Å². The molecule has 6 aromatic rings. The molecule has 0 radical (unpaired) electrons. The third kappa shape index (κ3) is 5.14. The van der Waals surface area contributed by atoms with Gasteiger partial charge in [0.25, 0.3) is 0 Å². The SMILES string of the molecule is C.C.COC(=O)Nc1cc2c(cn1)[nH]c1ccc(C=O)cc12.Nc1ccc2c(n1)[nH]c1ccc(C=O)cc12. The van der Waals surface area contributed by atoms with Gasteiger partial charge in [-0.25, -0.2) is 14.8 Å². The molecule has 194 valence electrons. The number of amides is 1. The first-order valence-electron chi connectivity index (χ1n) is 10.8. The van der Waals surface area contributed by atoms with Gasteiger partial charge >= 0.3 is 6.09 Å². The fourth-order valence-electron chi connectivity index (χ4n) is 4.00. The molecule has 5 N–H and O–H groups in total. The number of benzene rings is 2. The van der Waals surface area contributed by atoms with Crippen molar-refractivity contribution in [1.82, 2.24) is 19.9 Å². The molecule has 0 spiro atoms. The van der Waals surface area contributed by atoms with E-state index < -0.39 is 6.09 Å². The fourth-order valence-corrected chi connectivity index (χ4v) is 4.00. The van der Waals surface area contributed by atoms with Crippen LogP contribution in [0.3, 0.4) is 0 Å². The van der Waals surface area contributed by atoms with E-state index in [2.05, 4.69) is 30.0 Å². The number of nitrogen functional groups attached to an aromatic ring is 1. The Morgan fingerprint density at radius 3 is 2.08 bits per heavy atom. The molecule has 10 heteroatoms. The number of anilines is 2. The maximum atomic E-state index is 11.2. The van der Waals surface area contributed by atoms with E-state index in [4.69, 9.17) is 5.73 Å². The first kappa shape index (κ1) is 27.3. The van der Waals surface area contributed by atoms with Crippen LogP contribution in [-0.2, 0) is 4.74 Å². The molecule has 2 aromatic carbocycles. The molecule has 0 unspecified atom stereocenters. The molecule has 0 aliphatic rings. The maximum absolute atomic E-state index is 11.2. The number of nitrogens with two attached hydrogens (primary N) is 1. The minimum absolute atomic E-state index is 0. The highest BCUT2D eigenvalue weighted by Gasteiger charge is 2.09. The standard InChI is InChI=1S/C14H11N3O3.C12H9N3O.2CH4/c1-20-14(19)17-13-5-10-9-4-8(7-18)2-3-11(9)16-12(10)6-15-13;13-11-4-2-8-9-5-7(6-16)1-3-10(9)14-12(8)15-11;;/h2-7,16H,1H3,(H,15,17,19);1-6H,(H3,13,14,15);2*1H4. The van der Waals surface area contributed by atoms with Gasteiger partial charge in [-0.1, -0.05) is 14.9 Å². The normalized spacial score (nSPS) is 10.2. The third-order valence-electron chi connectivity index (χ3n) is 5.70. The summed E-state index contributed by atoms with van der Waals surface area (Å²) in [6, 6.07) is 16.3. The Labute approximate surface area is 218 Å². The summed E-state index contributed by atoms with van der Waals surface area (Å²) in [4.78, 5) is 47.5. The Balaban J connectivity index is 0.000000204. The van der Waals surface area contributed by atoms with E-state index in [9.17, 15) is 14.4 Å². The van der Waals surface area contributed by atoms with Crippen LogP contribution in [0, 0.1) is 0 Å². The average molecular weight is 513 g/mol. The molecule has 0 fully saturated rings. The Morgan fingerprint density at radius 2 is 1.45 bits per heavy atom. The van der Waals surface area contributed by atoms with E-state index in [-0.39, 0.29) is 14.9 Å². The number of ether oxygens (including phenoxy) is 1. The maximum Gasteiger partial charge on any atom is 0.412 e. The van der Waals surface area contributed by atoms with Gasteiger partial charge in [0, 0.05) is 43.7 Å². The third-order valence-corrected chi connectivity index (χ3v) is 5.70. The summed E-state index contributed by atoms with van der Waals surface area (Å²) in [6.45, 7) is 0. The number of hydrogen-bond acceptors (Lipinski definition) is 7. The number of rotatable bonds is 3. The van der Waals surface area contributed by atoms with Gasteiger partial charge in [0.05, 0.1) is 18.8 Å². The van der Waals surface area contributed by atoms with Gasteiger partial charge in [0.2, 0.25) is 0 Å². The van der Waals surface area contributed by atoms with Crippen LogP contribution in [-0.4, -0.2) is 45.7 Å². The molecule has 0 saturated carbocycles. The minimum atomic E-state index is -0.578. The lowest BCUT2D eigenvalue weighted by atomic mass is 10.1. The number of hydrogen-bond donors (Lipinski definition) is 4. The highest BCUT2D eigenvalue weighted by Crippen LogP contribution is 2.27. The van der Waals surface area contributed by atoms with Crippen LogP contribution in [0.5, 0.6) is 0 Å². The molecule has 0 saturated heterocycles.